The van der Waals surface area contributed by atoms with E-state index in [1.807, 2.05) is 18.2 Å². The lowest BCUT2D eigenvalue weighted by molar-refractivity contribution is 0.551. The van der Waals surface area contributed by atoms with E-state index in [-0.39, 0.29) is 0 Å². The maximum absolute atomic E-state index is 9.10. The van der Waals surface area contributed by atoms with Gasteiger partial charge < -0.3 is 5.32 Å². The first kappa shape index (κ1) is 14.6. The van der Waals surface area contributed by atoms with E-state index in [0.717, 1.165) is 17.8 Å². The predicted octanol–water partition coefficient (Wildman–Crippen LogP) is 3.14. The van der Waals surface area contributed by atoms with Crippen LogP contribution in [0.4, 0.5) is 0 Å². The molecular formula is C15H17ClN4. The van der Waals surface area contributed by atoms with Gasteiger partial charge in [-0.2, -0.15) is 5.26 Å². The van der Waals surface area contributed by atoms with Gasteiger partial charge in [0.05, 0.1) is 5.69 Å². The van der Waals surface area contributed by atoms with Crippen LogP contribution in [0.25, 0.3) is 5.69 Å². The molecule has 2 rings (SSSR count). The van der Waals surface area contributed by atoms with E-state index >= 15 is 0 Å². The Kier molecular flexibility index (Phi) is 4.78. The van der Waals surface area contributed by atoms with Crippen molar-refractivity contribution < 1.29 is 0 Å². The summed E-state index contributed by atoms with van der Waals surface area (Å²) in [6.45, 7) is 5.89. The zero-order chi connectivity index (χ0) is 14.5. The average Bonchev–Trinajstić information content (AvgIpc) is 2.88. The molecule has 0 unspecified atom stereocenters. The van der Waals surface area contributed by atoms with E-state index in [1.54, 1.807) is 17.0 Å². The largest absolute Gasteiger partial charge is 0.312 e. The molecule has 0 saturated heterocycles. The maximum Gasteiger partial charge on any atom is 0.217 e. The number of imidazole rings is 1. The van der Waals surface area contributed by atoms with Crippen molar-refractivity contribution in [3.05, 3.63) is 47.0 Å². The maximum atomic E-state index is 9.10. The Morgan fingerprint density at radius 3 is 2.95 bits per heavy atom. The van der Waals surface area contributed by atoms with Gasteiger partial charge in [-0.05, 0) is 24.6 Å². The molecule has 1 aromatic carbocycles. The second-order valence-corrected chi connectivity index (χ2v) is 5.40. The lowest BCUT2D eigenvalue weighted by atomic mass is 10.1. The summed E-state index contributed by atoms with van der Waals surface area (Å²) in [6.07, 6.45) is 3.39. The van der Waals surface area contributed by atoms with E-state index in [1.165, 1.54) is 0 Å². The Labute approximate surface area is 124 Å². The number of nitrogens with one attached hydrogen (secondary N) is 1. The average molecular weight is 289 g/mol. The molecule has 1 N–H and O–H groups in total. The molecule has 0 aliphatic carbocycles. The second kappa shape index (κ2) is 6.56. The molecule has 0 spiro atoms. The summed E-state index contributed by atoms with van der Waals surface area (Å²) in [5.74, 6) is 0.932. The number of hydrogen-bond donors (Lipinski definition) is 1. The fourth-order valence-electron chi connectivity index (χ4n) is 2.01. The highest BCUT2D eigenvalue weighted by molar-refractivity contribution is 6.31. The van der Waals surface area contributed by atoms with Crippen LogP contribution in [0.15, 0.2) is 30.6 Å². The summed E-state index contributed by atoms with van der Waals surface area (Å²) in [5, 5.41) is 13.2. The fraction of sp³-hybridized carbons (Fsp3) is 0.333. The second-order valence-electron chi connectivity index (χ2n) is 4.99. The van der Waals surface area contributed by atoms with E-state index < -0.39 is 0 Å². The van der Waals surface area contributed by atoms with Crippen molar-refractivity contribution >= 4 is 11.6 Å². The molecule has 1 heterocycles. The van der Waals surface area contributed by atoms with Crippen LogP contribution < -0.4 is 5.32 Å². The molecule has 0 radical (unpaired) electrons. The Bertz CT molecular complexity index is 625. The topological polar surface area (TPSA) is 53.6 Å². The first-order valence-corrected chi connectivity index (χ1v) is 6.93. The lowest BCUT2D eigenvalue weighted by Gasteiger charge is -2.14. The summed E-state index contributed by atoms with van der Waals surface area (Å²) < 4.78 is 1.76. The van der Waals surface area contributed by atoms with Gasteiger partial charge in [-0.25, -0.2) is 4.98 Å². The van der Waals surface area contributed by atoms with Gasteiger partial charge in [-0.1, -0.05) is 31.5 Å². The summed E-state index contributed by atoms with van der Waals surface area (Å²) in [4.78, 5) is 4.03. The minimum absolute atomic E-state index is 0.359. The van der Waals surface area contributed by atoms with Crippen LogP contribution in [0.2, 0.25) is 5.02 Å². The molecule has 1 aromatic heterocycles. The van der Waals surface area contributed by atoms with Gasteiger partial charge in [0, 0.05) is 29.5 Å². The first-order valence-electron chi connectivity index (χ1n) is 6.55. The predicted molar refractivity (Wildman–Crippen MR) is 79.8 cm³/mol. The van der Waals surface area contributed by atoms with Gasteiger partial charge in [0.25, 0.3) is 0 Å². The van der Waals surface area contributed by atoms with Crippen LogP contribution in [0, 0.1) is 17.2 Å². The fourth-order valence-corrected chi connectivity index (χ4v) is 2.25. The van der Waals surface area contributed by atoms with Crippen LogP contribution in [-0.2, 0) is 6.54 Å². The number of rotatable bonds is 5. The molecule has 0 aliphatic heterocycles. The Morgan fingerprint density at radius 1 is 1.45 bits per heavy atom. The lowest BCUT2D eigenvalue weighted by Crippen LogP contribution is -2.20. The normalized spacial score (nSPS) is 10.8. The quantitative estimate of drug-likeness (QED) is 0.919. The molecule has 2 aromatic rings. The summed E-state index contributed by atoms with van der Waals surface area (Å²) in [6, 6.07) is 7.77. The minimum Gasteiger partial charge on any atom is -0.312 e. The van der Waals surface area contributed by atoms with Gasteiger partial charge >= 0.3 is 0 Å². The third-order valence-electron chi connectivity index (χ3n) is 2.95. The number of benzene rings is 1. The van der Waals surface area contributed by atoms with Crippen molar-refractivity contribution in [3.63, 3.8) is 0 Å². The van der Waals surface area contributed by atoms with E-state index in [4.69, 9.17) is 16.9 Å². The van der Waals surface area contributed by atoms with Crippen LogP contribution in [-0.4, -0.2) is 16.1 Å². The van der Waals surface area contributed by atoms with E-state index in [0.29, 0.717) is 23.3 Å². The van der Waals surface area contributed by atoms with Gasteiger partial charge in [0.15, 0.2) is 0 Å². The Hall–Kier alpha value is -1.83. The highest BCUT2D eigenvalue weighted by atomic mass is 35.5. The third kappa shape index (κ3) is 3.19. The molecule has 5 heteroatoms. The van der Waals surface area contributed by atoms with Gasteiger partial charge in [-0.3, -0.25) is 4.57 Å². The van der Waals surface area contributed by atoms with Crippen molar-refractivity contribution in [1.82, 2.24) is 14.9 Å². The van der Waals surface area contributed by atoms with Crippen LogP contribution >= 0.6 is 11.6 Å². The first-order chi connectivity index (χ1) is 9.63. The molecular weight excluding hydrogens is 272 g/mol. The summed E-state index contributed by atoms with van der Waals surface area (Å²) >= 11 is 6.30. The molecule has 0 aliphatic rings. The molecule has 0 fully saturated rings. The molecule has 4 nitrogen and oxygen atoms in total. The molecule has 0 saturated carbocycles. The number of aromatic nitrogens is 2. The SMILES string of the molecule is CC(C)CNCc1c(Cl)cccc1-n1ccnc1C#N. The van der Waals surface area contributed by atoms with Crippen molar-refractivity contribution in [3.8, 4) is 11.8 Å². The summed E-state index contributed by atoms with van der Waals surface area (Å²) in [5.41, 5.74) is 1.87. The zero-order valence-corrected chi connectivity index (χ0v) is 12.4. The highest BCUT2D eigenvalue weighted by Crippen LogP contribution is 2.24. The van der Waals surface area contributed by atoms with E-state index in [2.05, 4.69) is 30.2 Å². The smallest absolute Gasteiger partial charge is 0.217 e. The molecule has 0 amide bonds. The highest BCUT2D eigenvalue weighted by Gasteiger charge is 2.11. The number of nitrogens with zero attached hydrogens (tertiary/aromatic N) is 3. The number of nitriles is 1. The zero-order valence-electron chi connectivity index (χ0n) is 11.6. The van der Waals surface area contributed by atoms with Crippen molar-refractivity contribution in [2.45, 2.75) is 20.4 Å². The van der Waals surface area contributed by atoms with Crippen molar-refractivity contribution in [2.75, 3.05) is 6.54 Å². The van der Waals surface area contributed by atoms with Gasteiger partial charge in [0.1, 0.15) is 6.07 Å². The van der Waals surface area contributed by atoms with Crippen molar-refractivity contribution in [2.24, 2.45) is 5.92 Å². The molecule has 20 heavy (non-hydrogen) atoms. The Balaban J connectivity index is 2.34. The van der Waals surface area contributed by atoms with Gasteiger partial charge in [0.2, 0.25) is 5.82 Å². The summed E-state index contributed by atoms with van der Waals surface area (Å²) in [7, 11) is 0. The standard InChI is InChI=1S/C15H17ClN4/c1-11(2)9-18-10-12-13(16)4-3-5-14(12)20-7-6-19-15(20)8-17/h3-7,11,18H,9-10H2,1-2H3. The molecule has 0 atom stereocenters. The Morgan fingerprint density at radius 2 is 2.25 bits per heavy atom. The van der Waals surface area contributed by atoms with Crippen molar-refractivity contribution in [1.29, 1.82) is 5.26 Å². The third-order valence-corrected chi connectivity index (χ3v) is 3.30. The molecule has 104 valence electrons. The van der Waals surface area contributed by atoms with Crippen LogP contribution in [0.1, 0.15) is 25.2 Å². The van der Waals surface area contributed by atoms with Crippen LogP contribution in [0.3, 0.4) is 0 Å². The number of hydrogen-bond acceptors (Lipinski definition) is 3. The monoisotopic (exact) mass is 288 g/mol. The van der Waals surface area contributed by atoms with Gasteiger partial charge in [-0.15, -0.1) is 0 Å². The van der Waals surface area contributed by atoms with E-state index in [9.17, 15) is 0 Å². The minimum atomic E-state index is 0.359. The molecule has 0 bridgehead atoms. The number of halogens is 1. The van der Waals surface area contributed by atoms with Crippen LogP contribution in [0.5, 0.6) is 0 Å².